The third-order valence-corrected chi connectivity index (χ3v) is 4.06. The SMILES string of the molecule is COc1c(/C=C/C=C/C=C(\C)C(=O)N(C)C(=O)N(C)C=O)c(=O)n(C)c(=O)n1C. The second-order valence-electron chi connectivity index (χ2n) is 6.09. The third-order valence-electron chi connectivity index (χ3n) is 4.06. The second kappa shape index (κ2) is 10.0. The maximum atomic E-state index is 12.3. The molecule has 156 valence electrons. The van der Waals surface area contributed by atoms with Crippen molar-refractivity contribution < 1.29 is 19.1 Å². The van der Waals surface area contributed by atoms with E-state index in [1.165, 1.54) is 58.9 Å². The van der Waals surface area contributed by atoms with Crippen molar-refractivity contribution in [2.24, 2.45) is 14.1 Å². The number of carbonyl (C=O) groups is 3. The maximum absolute atomic E-state index is 12.3. The Balaban J connectivity index is 3.02. The van der Waals surface area contributed by atoms with Crippen molar-refractivity contribution in [3.63, 3.8) is 0 Å². The van der Waals surface area contributed by atoms with Gasteiger partial charge < -0.3 is 4.74 Å². The molecule has 4 amide bonds. The number of carbonyl (C=O) groups excluding carboxylic acids is 3. The standard InChI is InChI=1S/C19H24N4O6/c1-13(15(25)21(3)18(27)20(2)12-24)10-8-7-9-11-14-16(26)22(4)19(28)23(5)17(14)29-6/h7-12H,1-6H3/b8-7+,11-9+,13-10+. The Morgan fingerprint density at radius 1 is 1.03 bits per heavy atom. The molecule has 1 aromatic rings. The normalized spacial score (nSPS) is 11.7. The lowest BCUT2D eigenvalue weighted by atomic mass is 10.2. The molecule has 0 unspecified atom stereocenters. The summed E-state index contributed by atoms with van der Waals surface area (Å²) in [5.41, 5.74) is -0.549. The summed E-state index contributed by atoms with van der Waals surface area (Å²) < 4.78 is 7.34. The van der Waals surface area contributed by atoms with Crippen molar-refractivity contribution >= 4 is 24.4 Å². The molecule has 0 spiro atoms. The van der Waals surface area contributed by atoms with E-state index in [0.717, 1.165) is 14.4 Å². The molecule has 0 N–H and O–H groups in total. The molecule has 1 heterocycles. The van der Waals surface area contributed by atoms with Gasteiger partial charge in [0.25, 0.3) is 11.5 Å². The molecule has 0 aromatic carbocycles. The molecule has 0 radical (unpaired) electrons. The summed E-state index contributed by atoms with van der Waals surface area (Å²) in [6, 6.07) is -0.751. The van der Waals surface area contributed by atoms with Gasteiger partial charge in [0, 0.05) is 33.8 Å². The number of hydrogen-bond donors (Lipinski definition) is 0. The number of urea groups is 1. The Kier molecular flexibility index (Phi) is 8.07. The molecule has 10 nitrogen and oxygen atoms in total. The lowest BCUT2D eigenvalue weighted by Crippen LogP contribution is -2.41. The number of ether oxygens (including phenoxy) is 1. The van der Waals surface area contributed by atoms with Crippen molar-refractivity contribution in [3.8, 4) is 5.88 Å². The first-order valence-corrected chi connectivity index (χ1v) is 8.44. The Bertz CT molecular complexity index is 1010. The van der Waals surface area contributed by atoms with Gasteiger partial charge in [0.15, 0.2) is 0 Å². The molecule has 0 saturated carbocycles. The average molecular weight is 404 g/mol. The van der Waals surface area contributed by atoms with Gasteiger partial charge in [-0.2, -0.15) is 0 Å². The lowest BCUT2D eigenvalue weighted by Gasteiger charge is -2.19. The molecule has 0 aliphatic rings. The van der Waals surface area contributed by atoms with Crippen LogP contribution in [0.15, 0.2) is 39.5 Å². The van der Waals surface area contributed by atoms with Gasteiger partial charge >= 0.3 is 11.7 Å². The van der Waals surface area contributed by atoms with E-state index in [-0.39, 0.29) is 17.0 Å². The van der Waals surface area contributed by atoms with Gasteiger partial charge in [0.1, 0.15) is 5.56 Å². The van der Waals surface area contributed by atoms with Crippen LogP contribution in [0.4, 0.5) is 4.79 Å². The number of likely N-dealkylation sites (N-methyl/N-ethyl adjacent to an activating group) is 1. The smallest absolute Gasteiger partial charge is 0.333 e. The van der Waals surface area contributed by atoms with Crippen molar-refractivity contribution in [2.45, 2.75) is 6.92 Å². The highest BCUT2D eigenvalue weighted by Gasteiger charge is 2.20. The number of aromatic nitrogens is 2. The minimum atomic E-state index is -0.751. The summed E-state index contributed by atoms with van der Waals surface area (Å²) in [5, 5.41) is 0. The summed E-state index contributed by atoms with van der Waals surface area (Å²) in [4.78, 5) is 60.4. The zero-order valence-corrected chi connectivity index (χ0v) is 17.2. The number of amides is 4. The highest BCUT2D eigenvalue weighted by atomic mass is 16.5. The van der Waals surface area contributed by atoms with Gasteiger partial charge in [-0.25, -0.2) is 9.59 Å². The highest BCUT2D eigenvalue weighted by Crippen LogP contribution is 2.12. The van der Waals surface area contributed by atoms with Crippen LogP contribution < -0.4 is 16.0 Å². The summed E-state index contributed by atoms with van der Waals surface area (Å²) >= 11 is 0. The van der Waals surface area contributed by atoms with E-state index >= 15 is 0 Å². The molecular formula is C19H24N4O6. The van der Waals surface area contributed by atoms with Crippen molar-refractivity contribution in [1.82, 2.24) is 18.9 Å². The Morgan fingerprint density at radius 2 is 1.66 bits per heavy atom. The number of allylic oxidation sites excluding steroid dienone is 4. The van der Waals surface area contributed by atoms with Gasteiger partial charge in [-0.15, -0.1) is 0 Å². The van der Waals surface area contributed by atoms with Crippen LogP contribution in [-0.2, 0) is 23.7 Å². The molecule has 10 heteroatoms. The van der Waals surface area contributed by atoms with Crippen molar-refractivity contribution in [3.05, 3.63) is 56.3 Å². The van der Waals surface area contributed by atoms with Gasteiger partial charge in [-0.05, 0) is 13.0 Å². The largest absolute Gasteiger partial charge is 0.481 e. The fourth-order valence-corrected chi connectivity index (χ4v) is 2.36. The van der Waals surface area contributed by atoms with E-state index in [0.29, 0.717) is 6.41 Å². The van der Waals surface area contributed by atoms with E-state index in [9.17, 15) is 24.0 Å². The van der Waals surface area contributed by atoms with Crippen molar-refractivity contribution in [1.29, 1.82) is 0 Å². The maximum Gasteiger partial charge on any atom is 0.333 e. The monoisotopic (exact) mass is 404 g/mol. The molecule has 29 heavy (non-hydrogen) atoms. The summed E-state index contributed by atoms with van der Waals surface area (Å²) in [6.45, 7) is 1.52. The Morgan fingerprint density at radius 3 is 2.21 bits per heavy atom. The zero-order chi connectivity index (χ0) is 22.3. The van der Waals surface area contributed by atoms with Crippen LogP contribution >= 0.6 is 0 Å². The summed E-state index contributed by atoms with van der Waals surface area (Å²) in [7, 11) is 6.74. The Hall–Kier alpha value is -3.69. The van der Waals surface area contributed by atoms with E-state index in [2.05, 4.69) is 0 Å². The summed E-state index contributed by atoms with van der Waals surface area (Å²) in [6.07, 6.45) is 7.94. The van der Waals surface area contributed by atoms with E-state index in [4.69, 9.17) is 4.74 Å². The second-order valence-corrected chi connectivity index (χ2v) is 6.09. The van der Waals surface area contributed by atoms with Crippen molar-refractivity contribution in [2.75, 3.05) is 21.2 Å². The molecular weight excluding hydrogens is 380 g/mol. The highest BCUT2D eigenvalue weighted by molar-refractivity contribution is 6.05. The minimum Gasteiger partial charge on any atom is -0.481 e. The topological polar surface area (TPSA) is 111 Å². The molecule has 0 bridgehead atoms. The fraction of sp³-hybridized carbons (Fsp3) is 0.316. The van der Waals surface area contributed by atoms with Crippen LogP contribution in [-0.4, -0.2) is 58.5 Å². The quantitative estimate of drug-likeness (QED) is 0.382. The molecule has 0 atom stereocenters. The van der Waals surface area contributed by atoms with Crippen LogP contribution in [0.25, 0.3) is 6.08 Å². The van der Waals surface area contributed by atoms with E-state index in [1.54, 1.807) is 18.2 Å². The van der Waals surface area contributed by atoms with Crippen LogP contribution in [0, 0.1) is 0 Å². The predicted octanol–water partition coefficient (Wildman–Crippen LogP) is 0.275. The van der Waals surface area contributed by atoms with Crippen LogP contribution in [0.5, 0.6) is 5.88 Å². The van der Waals surface area contributed by atoms with Gasteiger partial charge in [0.2, 0.25) is 12.3 Å². The van der Waals surface area contributed by atoms with Crippen LogP contribution in [0.2, 0.25) is 0 Å². The first kappa shape index (κ1) is 23.3. The molecule has 0 aliphatic heterocycles. The number of nitrogens with zero attached hydrogens (tertiary/aromatic N) is 4. The molecule has 0 saturated heterocycles. The molecule has 0 fully saturated rings. The number of methoxy groups -OCH3 is 1. The first-order chi connectivity index (χ1) is 13.6. The van der Waals surface area contributed by atoms with Crippen LogP contribution in [0.3, 0.4) is 0 Å². The Labute approximate surface area is 167 Å². The molecule has 0 aliphatic carbocycles. The van der Waals surface area contributed by atoms with Gasteiger partial charge in [-0.1, -0.05) is 24.3 Å². The van der Waals surface area contributed by atoms with E-state index in [1.807, 2.05) is 0 Å². The number of hydrogen-bond acceptors (Lipinski definition) is 6. The minimum absolute atomic E-state index is 0.129. The summed E-state index contributed by atoms with van der Waals surface area (Å²) in [5.74, 6) is -0.435. The van der Waals surface area contributed by atoms with E-state index < -0.39 is 23.2 Å². The van der Waals surface area contributed by atoms with Crippen LogP contribution in [0.1, 0.15) is 12.5 Å². The third kappa shape index (κ3) is 5.18. The molecule has 1 aromatic heterocycles. The molecule has 1 rings (SSSR count). The predicted molar refractivity (Wildman–Crippen MR) is 107 cm³/mol. The average Bonchev–Trinajstić information content (AvgIpc) is 2.72. The lowest BCUT2D eigenvalue weighted by molar-refractivity contribution is -0.124. The van der Waals surface area contributed by atoms with Gasteiger partial charge in [0.05, 0.1) is 7.11 Å². The van der Waals surface area contributed by atoms with Gasteiger partial charge in [-0.3, -0.25) is 33.3 Å². The first-order valence-electron chi connectivity index (χ1n) is 8.44. The fourth-order valence-electron chi connectivity index (χ4n) is 2.36. The number of rotatable bonds is 6. The number of imide groups is 2. The zero-order valence-electron chi connectivity index (χ0n) is 17.2.